The largest absolute Gasteiger partial charge is 0.313 e. The zero-order valence-electron chi connectivity index (χ0n) is 31.2. The lowest BCUT2D eigenvalue weighted by molar-refractivity contribution is 0.873. The Balaban J connectivity index is 1.09. The van der Waals surface area contributed by atoms with Gasteiger partial charge in [-0.25, -0.2) is 0 Å². The maximum Gasteiger partial charge on any atom is 0.0562 e. The van der Waals surface area contributed by atoms with Crippen molar-refractivity contribution in [2.24, 2.45) is 0 Å². The summed E-state index contributed by atoms with van der Waals surface area (Å²) >= 11 is 0. The number of rotatable bonds is 3. The number of hydrogen-bond donors (Lipinski definition) is 0. The molecule has 57 heavy (non-hydrogen) atoms. The van der Waals surface area contributed by atoms with Crippen LogP contribution in [-0.4, -0.2) is 13.7 Å². The Bertz CT molecular complexity index is 3650. The minimum atomic E-state index is 0.941. The van der Waals surface area contributed by atoms with Gasteiger partial charge < -0.3 is 13.7 Å². The van der Waals surface area contributed by atoms with Crippen molar-refractivity contribution >= 4 is 98.6 Å². The summed E-state index contributed by atoms with van der Waals surface area (Å²) in [6.45, 7) is 0. The molecule has 0 atom stereocenters. The van der Waals surface area contributed by atoms with Crippen molar-refractivity contribution in [1.29, 1.82) is 0 Å². The van der Waals surface area contributed by atoms with Crippen LogP contribution in [0.2, 0.25) is 0 Å². The van der Waals surface area contributed by atoms with E-state index >= 15 is 0 Å². The Hall–Kier alpha value is -7.36. The number of para-hydroxylation sites is 4. The molecule has 9 aromatic carbocycles. The Morgan fingerprint density at radius 2 is 0.772 bits per heavy atom. The van der Waals surface area contributed by atoms with E-state index in [1.54, 1.807) is 0 Å². The van der Waals surface area contributed by atoms with Crippen molar-refractivity contribution in [3.63, 3.8) is 0 Å². The van der Waals surface area contributed by atoms with Gasteiger partial charge in [0.2, 0.25) is 0 Å². The van der Waals surface area contributed by atoms with Gasteiger partial charge in [-0.05, 0) is 106 Å². The summed E-state index contributed by atoms with van der Waals surface area (Å²) in [4.78, 5) is 0. The van der Waals surface area contributed by atoms with E-state index in [-0.39, 0.29) is 0 Å². The van der Waals surface area contributed by atoms with E-state index in [0.29, 0.717) is 0 Å². The van der Waals surface area contributed by atoms with Gasteiger partial charge in [-0.2, -0.15) is 0 Å². The summed E-state index contributed by atoms with van der Waals surface area (Å²) in [7, 11) is 0. The third-order valence-electron chi connectivity index (χ3n) is 12.7. The lowest BCUT2D eigenvalue weighted by Gasteiger charge is -2.20. The average molecular weight is 726 g/mol. The van der Waals surface area contributed by atoms with Crippen molar-refractivity contribution < 1.29 is 0 Å². The number of fused-ring (bicyclic) bond motifs is 15. The topological polar surface area (TPSA) is 14.8 Å². The van der Waals surface area contributed by atoms with Gasteiger partial charge in [0.1, 0.15) is 0 Å². The van der Waals surface area contributed by atoms with E-state index in [0.717, 1.165) is 12.8 Å². The quantitative estimate of drug-likeness (QED) is 0.161. The first-order valence-electron chi connectivity index (χ1n) is 20.0. The summed E-state index contributed by atoms with van der Waals surface area (Å²) in [5, 5.41) is 14.2. The first kappa shape index (κ1) is 30.9. The Labute approximate surface area is 328 Å². The molecule has 3 nitrogen and oxygen atoms in total. The predicted octanol–water partition coefficient (Wildman–Crippen LogP) is 14.2. The molecule has 0 radical (unpaired) electrons. The number of allylic oxidation sites excluding steroid dienone is 1. The minimum Gasteiger partial charge on any atom is -0.313 e. The number of aromatic nitrogens is 3. The van der Waals surface area contributed by atoms with Crippen molar-refractivity contribution in [3.8, 4) is 11.4 Å². The minimum absolute atomic E-state index is 0.941. The molecule has 0 saturated carbocycles. The predicted molar refractivity (Wildman–Crippen MR) is 242 cm³/mol. The lowest BCUT2D eigenvalue weighted by Crippen LogP contribution is -2.08. The molecule has 0 spiro atoms. The van der Waals surface area contributed by atoms with Crippen molar-refractivity contribution in [2.75, 3.05) is 0 Å². The van der Waals surface area contributed by atoms with Gasteiger partial charge in [0, 0.05) is 55.3 Å². The molecule has 3 aromatic heterocycles. The van der Waals surface area contributed by atoms with Crippen LogP contribution in [0.1, 0.15) is 17.7 Å². The summed E-state index contributed by atoms with van der Waals surface area (Å²) in [5.74, 6) is 0. The van der Waals surface area contributed by atoms with Crippen LogP contribution in [0.15, 0.2) is 182 Å². The van der Waals surface area contributed by atoms with E-state index in [9.17, 15) is 0 Å². The molecule has 12 aromatic rings. The summed E-state index contributed by atoms with van der Waals surface area (Å²) in [6, 6.07) is 67.3. The molecule has 3 heterocycles. The van der Waals surface area contributed by atoms with E-state index in [1.807, 2.05) is 0 Å². The molecule has 266 valence electrons. The van der Waals surface area contributed by atoms with Gasteiger partial charge in [0.05, 0.1) is 27.6 Å². The SMILES string of the molecule is C1=C(n2c3ccccc3c3cc4c5ccccc5n(-c5ccc6c7ccccc7c7ccccc7c6c5)c4cc32)CCc2c1c1ccccc1n2-c1ccccc1. The van der Waals surface area contributed by atoms with Gasteiger partial charge in [-0.15, -0.1) is 0 Å². The second-order valence-corrected chi connectivity index (χ2v) is 15.6. The molecule has 0 unspecified atom stereocenters. The standard InChI is InChI=1S/C54H35N3/c1-2-14-34(15-3-1)55-49-23-11-8-20-42(49)46-31-36(27-29-52(46)55)57-51-25-13-10-22-44(51)48-32-47-43-21-9-12-24-50(43)56(53(47)33-54(48)57)35-26-28-41-39-18-5-4-16-37(39)38-17-6-7-19-40(38)45(41)30-35/h1-26,28,30-33H,27,29H2. The van der Waals surface area contributed by atoms with Crippen LogP contribution in [0, 0.1) is 0 Å². The normalized spacial score (nSPS) is 13.2. The molecular weight excluding hydrogens is 691 g/mol. The monoisotopic (exact) mass is 725 g/mol. The molecule has 1 aliphatic carbocycles. The van der Waals surface area contributed by atoms with Crippen molar-refractivity contribution in [2.45, 2.75) is 12.8 Å². The summed E-state index contributed by atoms with van der Waals surface area (Å²) < 4.78 is 7.53. The van der Waals surface area contributed by atoms with E-state index in [4.69, 9.17) is 0 Å². The zero-order valence-corrected chi connectivity index (χ0v) is 31.2. The van der Waals surface area contributed by atoms with Crippen LogP contribution in [0.4, 0.5) is 0 Å². The van der Waals surface area contributed by atoms with Crippen LogP contribution < -0.4 is 0 Å². The maximum atomic E-state index is 2.56. The lowest BCUT2D eigenvalue weighted by atomic mass is 9.94. The van der Waals surface area contributed by atoms with E-state index < -0.39 is 0 Å². The third-order valence-corrected chi connectivity index (χ3v) is 12.7. The highest BCUT2D eigenvalue weighted by Gasteiger charge is 2.25. The van der Waals surface area contributed by atoms with Crippen molar-refractivity contribution in [3.05, 3.63) is 193 Å². The second-order valence-electron chi connectivity index (χ2n) is 15.6. The molecule has 3 heteroatoms. The fourth-order valence-electron chi connectivity index (χ4n) is 10.3. The van der Waals surface area contributed by atoms with Crippen LogP contribution in [0.5, 0.6) is 0 Å². The molecule has 0 saturated heterocycles. The first-order valence-corrected chi connectivity index (χ1v) is 20.0. The smallest absolute Gasteiger partial charge is 0.0562 e. The van der Waals surface area contributed by atoms with Crippen LogP contribution in [0.3, 0.4) is 0 Å². The van der Waals surface area contributed by atoms with Crippen LogP contribution in [-0.2, 0) is 6.42 Å². The van der Waals surface area contributed by atoms with E-state index in [1.165, 1.54) is 115 Å². The van der Waals surface area contributed by atoms with Gasteiger partial charge in [-0.3, -0.25) is 0 Å². The molecular formula is C54H35N3. The highest BCUT2D eigenvalue weighted by molar-refractivity contribution is 6.26. The second kappa shape index (κ2) is 11.6. The molecule has 1 aliphatic rings. The average Bonchev–Trinajstić information content (AvgIpc) is 3.91. The number of hydrogen-bond acceptors (Lipinski definition) is 0. The Morgan fingerprint density at radius 3 is 1.42 bits per heavy atom. The first-order chi connectivity index (χ1) is 28.3. The fraction of sp³-hybridized carbons (Fsp3) is 0.0370. The number of nitrogens with zero attached hydrogens (tertiary/aromatic N) is 3. The summed E-state index contributed by atoms with van der Waals surface area (Å²) in [6.07, 6.45) is 4.38. The van der Waals surface area contributed by atoms with Crippen molar-refractivity contribution in [1.82, 2.24) is 13.7 Å². The Morgan fingerprint density at radius 1 is 0.281 bits per heavy atom. The van der Waals surface area contributed by atoms with Gasteiger partial charge >= 0.3 is 0 Å². The highest BCUT2D eigenvalue weighted by Crippen LogP contribution is 2.44. The summed E-state index contributed by atoms with van der Waals surface area (Å²) in [5.41, 5.74) is 12.6. The van der Waals surface area contributed by atoms with Gasteiger partial charge in [0.15, 0.2) is 0 Å². The van der Waals surface area contributed by atoms with Gasteiger partial charge in [0.25, 0.3) is 0 Å². The van der Waals surface area contributed by atoms with E-state index in [2.05, 4.69) is 202 Å². The van der Waals surface area contributed by atoms with Crippen LogP contribution >= 0.6 is 0 Å². The van der Waals surface area contributed by atoms with Crippen LogP contribution in [0.25, 0.3) is 110 Å². The molecule has 0 bridgehead atoms. The molecule has 0 fully saturated rings. The number of benzene rings is 9. The maximum absolute atomic E-state index is 2.56. The molecule has 0 amide bonds. The Kier molecular flexibility index (Phi) is 6.28. The fourth-order valence-corrected chi connectivity index (χ4v) is 10.3. The molecule has 0 aliphatic heterocycles. The highest BCUT2D eigenvalue weighted by atomic mass is 15.0. The zero-order chi connectivity index (χ0) is 37.2. The molecule has 0 N–H and O–H groups in total. The van der Waals surface area contributed by atoms with Gasteiger partial charge in [-0.1, -0.05) is 127 Å². The molecule has 13 rings (SSSR count). The third kappa shape index (κ3) is 4.26.